The van der Waals surface area contributed by atoms with Gasteiger partial charge in [0.25, 0.3) is 0 Å². The lowest BCUT2D eigenvalue weighted by molar-refractivity contribution is -0.122. The summed E-state index contributed by atoms with van der Waals surface area (Å²) in [6.45, 7) is 7.66. The fourth-order valence-corrected chi connectivity index (χ4v) is 1.79. The Morgan fingerprint density at radius 2 is 1.85 bits per heavy atom. The SMILES string of the molecule is CC(Nc1cnc2ccccc2n1)C(=O)NC(C)(C)C. The number of para-hydroxylation sites is 2. The van der Waals surface area contributed by atoms with Crippen LogP contribution in [0.4, 0.5) is 5.82 Å². The van der Waals surface area contributed by atoms with Crippen molar-refractivity contribution in [2.75, 3.05) is 5.32 Å². The minimum Gasteiger partial charge on any atom is -0.357 e. The first kappa shape index (κ1) is 14.2. The molecule has 20 heavy (non-hydrogen) atoms. The number of benzene rings is 1. The molecule has 1 aromatic heterocycles. The van der Waals surface area contributed by atoms with Crippen molar-refractivity contribution in [1.29, 1.82) is 0 Å². The molecule has 5 heteroatoms. The average molecular weight is 272 g/mol. The molecule has 0 radical (unpaired) electrons. The van der Waals surface area contributed by atoms with Crippen LogP contribution in [0.1, 0.15) is 27.7 Å². The summed E-state index contributed by atoms with van der Waals surface area (Å²) in [6.07, 6.45) is 1.64. The van der Waals surface area contributed by atoms with Crippen LogP contribution in [0.25, 0.3) is 11.0 Å². The standard InChI is InChI=1S/C15H20N4O/c1-10(14(20)19-15(2,3)4)17-13-9-16-11-7-5-6-8-12(11)18-13/h5-10H,1-4H3,(H,17,18)(H,19,20). The number of aromatic nitrogens is 2. The first-order valence-corrected chi connectivity index (χ1v) is 6.65. The molecule has 2 aromatic rings. The third kappa shape index (κ3) is 3.66. The summed E-state index contributed by atoms with van der Waals surface area (Å²) < 4.78 is 0. The number of anilines is 1. The number of nitrogens with zero attached hydrogens (tertiary/aromatic N) is 2. The van der Waals surface area contributed by atoms with Gasteiger partial charge in [0.05, 0.1) is 17.2 Å². The zero-order chi connectivity index (χ0) is 14.8. The Balaban J connectivity index is 2.09. The highest BCUT2D eigenvalue weighted by molar-refractivity contribution is 5.84. The fourth-order valence-electron chi connectivity index (χ4n) is 1.79. The number of carbonyl (C=O) groups excluding carboxylic acids is 1. The van der Waals surface area contributed by atoms with Gasteiger partial charge in [-0.05, 0) is 39.8 Å². The Morgan fingerprint density at radius 3 is 2.50 bits per heavy atom. The van der Waals surface area contributed by atoms with Gasteiger partial charge in [-0.3, -0.25) is 9.78 Å². The summed E-state index contributed by atoms with van der Waals surface area (Å²) in [5.74, 6) is 0.535. The number of nitrogens with one attached hydrogen (secondary N) is 2. The van der Waals surface area contributed by atoms with Crippen molar-refractivity contribution in [2.45, 2.75) is 39.3 Å². The molecule has 0 bridgehead atoms. The summed E-state index contributed by atoms with van der Waals surface area (Å²) in [5.41, 5.74) is 1.40. The van der Waals surface area contributed by atoms with Crippen molar-refractivity contribution >= 4 is 22.8 Å². The highest BCUT2D eigenvalue weighted by Gasteiger charge is 2.19. The molecule has 1 atom stereocenters. The minimum atomic E-state index is -0.371. The molecule has 5 nitrogen and oxygen atoms in total. The highest BCUT2D eigenvalue weighted by atomic mass is 16.2. The molecule has 2 rings (SSSR count). The van der Waals surface area contributed by atoms with Crippen LogP contribution < -0.4 is 10.6 Å². The lowest BCUT2D eigenvalue weighted by Gasteiger charge is -2.23. The first-order chi connectivity index (χ1) is 9.35. The van der Waals surface area contributed by atoms with Crippen LogP contribution in [0.5, 0.6) is 0 Å². The van der Waals surface area contributed by atoms with E-state index in [0.717, 1.165) is 11.0 Å². The Morgan fingerprint density at radius 1 is 1.20 bits per heavy atom. The second-order valence-corrected chi connectivity index (χ2v) is 5.85. The quantitative estimate of drug-likeness (QED) is 0.900. The molecule has 0 spiro atoms. The summed E-state index contributed by atoms with van der Waals surface area (Å²) in [6, 6.07) is 7.26. The molecule has 1 unspecified atom stereocenters. The van der Waals surface area contributed by atoms with E-state index in [2.05, 4.69) is 20.6 Å². The Bertz CT molecular complexity index is 619. The fraction of sp³-hybridized carbons (Fsp3) is 0.400. The Hall–Kier alpha value is -2.17. The number of hydrogen-bond donors (Lipinski definition) is 2. The topological polar surface area (TPSA) is 66.9 Å². The summed E-state index contributed by atoms with van der Waals surface area (Å²) in [4.78, 5) is 20.8. The molecule has 106 valence electrons. The number of carbonyl (C=O) groups is 1. The normalized spacial score (nSPS) is 13.0. The molecule has 0 saturated heterocycles. The first-order valence-electron chi connectivity index (χ1n) is 6.65. The molecule has 1 aromatic carbocycles. The molecule has 0 fully saturated rings. The molecule has 0 aliphatic rings. The molecule has 0 aliphatic carbocycles. The number of amides is 1. The molecule has 1 heterocycles. The van der Waals surface area contributed by atoms with Crippen LogP contribution in [0.3, 0.4) is 0 Å². The Kier molecular flexibility index (Phi) is 3.88. The Labute approximate surface area is 118 Å². The van der Waals surface area contributed by atoms with Crippen molar-refractivity contribution in [3.63, 3.8) is 0 Å². The van der Waals surface area contributed by atoms with E-state index in [-0.39, 0.29) is 17.5 Å². The summed E-state index contributed by atoms with van der Waals surface area (Å²) >= 11 is 0. The smallest absolute Gasteiger partial charge is 0.242 e. The van der Waals surface area contributed by atoms with E-state index in [1.165, 1.54) is 0 Å². The van der Waals surface area contributed by atoms with Crippen LogP contribution in [0.2, 0.25) is 0 Å². The number of hydrogen-bond acceptors (Lipinski definition) is 4. The van der Waals surface area contributed by atoms with Crippen molar-refractivity contribution < 1.29 is 4.79 Å². The van der Waals surface area contributed by atoms with E-state index in [1.807, 2.05) is 45.0 Å². The molecule has 0 aliphatic heterocycles. The predicted molar refractivity (Wildman–Crippen MR) is 80.5 cm³/mol. The zero-order valence-corrected chi connectivity index (χ0v) is 12.3. The highest BCUT2D eigenvalue weighted by Crippen LogP contribution is 2.12. The second kappa shape index (κ2) is 5.45. The van der Waals surface area contributed by atoms with Crippen molar-refractivity contribution in [2.24, 2.45) is 0 Å². The van der Waals surface area contributed by atoms with E-state index in [4.69, 9.17) is 0 Å². The maximum absolute atomic E-state index is 12.0. The van der Waals surface area contributed by atoms with Crippen molar-refractivity contribution in [3.05, 3.63) is 30.5 Å². The van der Waals surface area contributed by atoms with Gasteiger partial charge in [0.15, 0.2) is 0 Å². The number of rotatable bonds is 3. The van der Waals surface area contributed by atoms with Crippen molar-refractivity contribution in [3.8, 4) is 0 Å². The lowest BCUT2D eigenvalue weighted by atomic mass is 10.1. The van der Waals surface area contributed by atoms with Crippen molar-refractivity contribution in [1.82, 2.24) is 15.3 Å². The van der Waals surface area contributed by atoms with Crippen LogP contribution in [-0.4, -0.2) is 27.5 Å². The van der Waals surface area contributed by atoms with Crippen LogP contribution >= 0.6 is 0 Å². The molecular formula is C15H20N4O. The molecule has 2 N–H and O–H groups in total. The largest absolute Gasteiger partial charge is 0.357 e. The molecule has 1 amide bonds. The van der Waals surface area contributed by atoms with Gasteiger partial charge >= 0.3 is 0 Å². The van der Waals surface area contributed by atoms with Gasteiger partial charge < -0.3 is 10.6 Å². The third-order valence-corrected chi connectivity index (χ3v) is 2.70. The predicted octanol–water partition coefficient (Wildman–Crippen LogP) is 2.34. The van der Waals surface area contributed by atoms with Crippen LogP contribution in [0.15, 0.2) is 30.5 Å². The van der Waals surface area contributed by atoms with Gasteiger partial charge in [0.1, 0.15) is 11.9 Å². The van der Waals surface area contributed by atoms with Gasteiger partial charge in [-0.2, -0.15) is 0 Å². The minimum absolute atomic E-state index is 0.0625. The maximum Gasteiger partial charge on any atom is 0.242 e. The van der Waals surface area contributed by atoms with Gasteiger partial charge in [0, 0.05) is 5.54 Å². The van der Waals surface area contributed by atoms with E-state index >= 15 is 0 Å². The molecule has 0 saturated carbocycles. The maximum atomic E-state index is 12.0. The van der Waals surface area contributed by atoms with E-state index in [9.17, 15) is 4.79 Å². The molecular weight excluding hydrogens is 252 g/mol. The van der Waals surface area contributed by atoms with Gasteiger partial charge in [-0.25, -0.2) is 4.98 Å². The van der Waals surface area contributed by atoms with E-state index < -0.39 is 0 Å². The summed E-state index contributed by atoms with van der Waals surface area (Å²) in [7, 11) is 0. The van der Waals surface area contributed by atoms with Gasteiger partial charge in [0.2, 0.25) is 5.91 Å². The number of fused-ring (bicyclic) bond motifs is 1. The monoisotopic (exact) mass is 272 g/mol. The lowest BCUT2D eigenvalue weighted by Crippen LogP contribution is -2.47. The van der Waals surface area contributed by atoms with Crippen LogP contribution in [0, 0.1) is 0 Å². The summed E-state index contributed by atoms with van der Waals surface area (Å²) in [5, 5.41) is 6.00. The van der Waals surface area contributed by atoms with Gasteiger partial charge in [-0.15, -0.1) is 0 Å². The average Bonchev–Trinajstić information content (AvgIpc) is 2.36. The van der Waals surface area contributed by atoms with E-state index in [0.29, 0.717) is 5.82 Å². The zero-order valence-electron chi connectivity index (χ0n) is 12.3. The third-order valence-electron chi connectivity index (χ3n) is 2.70. The second-order valence-electron chi connectivity index (χ2n) is 5.85. The van der Waals surface area contributed by atoms with Crippen LogP contribution in [-0.2, 0) is 4.79 Å². The van der Waals surface area contributed by atoms with Gasteiger partial charge in [-0.1, -0.05) is 12.1 Å². The van der Waals surface area contributed by atoms with E-state index in [1.54, 1.807) is 13.1 Å².